The molecule has 30 heavy (non-hydrogen) atoms. The van der Waals surface area contributed by atoms with Crippen LogP contribution in [0.5, 0.6) is 0 Å². The zero-order valence-corrected chi connectivity index (χ0v) is 17.6. The Bertz CT molecular complexity index is 1110. The Morgan fingerprint density at radius 1 is 1.17 bits per heavy atom. The molecule has 0 atom stereocenters. The molecule has 158 valence electrons. The van der Waals surface area contributed by atoms with E-state index < -0.39 is 11.7 Å². The predicted octanol–water partition coefficient (Wildman–Crippen LogP) is 5.32. The molecule has 2 aromatic heterocycles. The van der Waals surface area contributed by atoms with Crippen molar-refractivity contribution in [2.45, 2.75) is 51.0 Å². The maximum absolute atomic E-state index is 13.1. The number of Topliss-reactive ketones (excluding diaryl/α,β-unsaturated/α-hetero) is 1. The van der Waals surface area contributed by atoms with Crippen LogP contribution in [0.25, 0.3) is 5.69 Å². The molecule has 9 heteroatoms. The summed E-state index contributed by atoms with van der Waals surface area (Å²) in [5.41, 5.74) is 1.50. The number of benzene rings is 1. The van der Waals surface area contributed by atoms with Crippen LogP contribution in [0.2, 0.25) is 0 Å². The number of aromatic nitrogens is 4. The number of carbonyl (C=O) groups excluding carboxylic acids is 1. The number of carbonyl (C=O) groups is 1. The summed E-state index contributed by atoms with van der Waals surface area (Å²) in [5.74, 6) is 0.946. The largest absolute Gasteiger partial charge is 0.416 e. The number of ketones is 1. The highest BCUT2D eigenvalue weighted by atomic mass is 32.2. The smallest absolute Gasteiger partial charge is 0.318 e. The van der Waals surface area contributed by atoms with Gasteiger partial charge >= 0.3 is 6.18 Å². The fraction of sp³-hybridized carbons (Fsp3) is 0.381. The quantitative estimate of drug-likeness (QED) is 0.389. The molecule has 0 spiro atoms. The Morgan fingerprint density at radius 3 is 2.57 bits per heavy atom. The number of thioether (sulfide) groups is 1. The molecule has 5 nitrogen and oxygen atoms in total. The summed E-state index contributed by atoms with van der Waals surface area (Å²) < 4.78 is 43.0. The minimum absolute atomic E-state index is 0.0886. The SMILES string of the molecule is Cc1cc(C(=O)CSc2nnc(C)n2C2CC2)c(C)n1-c1cccc(C(F)(F)F)c1. The number of nitrogens with zero attached hydrogens (tertiary/aromatic N) is 4. The summed E-state index contributed by atoms with van der Waals surface area (Å²) in [6, 6.07) is 7.28. The van der Waals surface area contributed by atoms with Gasteiger partial charge in [-0.2, -0.15) is 13.2 Å². The number of aryl methyl sites for hydroxylation is 2. The number of rotatable bonds is 6. The third-order valence-electron chi connectivity index (χ3n) is 5.24. The third-order valence-corrected chi connectivity index (χ3v) is 6.19. The van der Waals surface area contributed by atoms with Crippen molar-refractivity contribution in [1.29, 1.82) is 0 Å². The topological polar surface area (TPSA) is 52.7 Å². The number of hydrogen-bond acceptors (Lipinski definition) is 4. The Morgan fingerprint density at radius 2 is 1.90 bits per heavy atom. The first kappa shape index (κ1) is 20.7. The highest BCUT2D eigenvalue weighted by Gasteiger charge is 2.31. The summed E-state index contributed by atoms with van der Waals surface area (Å²) in [6.45, 7) is 5.44. The van der Waals surface area contributed by atoms with E-state index in [-0.39, 0.29) is 11.5 Å². The lowest BCUT2D eigenvalue weighted by atomic mass is 10.1. The fourth-order valence-corrected chi connectivity index (χ4v) is 4.61. The number of halogens is 3. The zero-order valence-electron chi connectivity index (χ0n) is 16.8. The van der Waals surface area contributed by atoms with Crippen LogP contribution in [-0.2, 0) is 6.18 Å². The van der Waals surface area contributed by atoms with Crippen molar-refractivity contribution in [2.24, 2.45) is 0 Å². The molecular formula is C21H21F3N4OS. The standard InChI is InChI=1S/C21H21F3N4OS/c1-12-9-18(13(2)27(12)17-6-4-5-15(10-17)21(22,23)24)19(29)11-30-20-26-25-14(3)28(20)16-7-8-16/h4-6,9-10,16H,7-8,11H2,1-3H3. The van der Waals surface area contributed by atoms with Crippen LogP contribution in [-0.4, -0.2) is 30.9 Å². The van der Waals surface area contributed by atoms with Gasteiger partial charge < -0.3 is 9.13 Å². The maximum Gasteiger partial charge on any atom is 0.416 e. The molecule has 4 rings (SSSR count). The lowest BCUT2D eigenvalue weighted by Crippen LogP contribution is -2.09. The van der Waals surface area contributed by atoms with Crippen LogP contribution < -0.4 is 0 Å². The lowest BCUT2D eigenvalue weighted by molar-refractivity contribution is -0.137. The van der Waals surface area contributed by atoms with Gasteiger partial charge in [0.2, 0.25) is 0 Å². The average molecular weight is 434 g/mol. The molecule has 0 radical (unpaired) electrons. The first-order valence-electron chi connectivity index (χ1n) is 9.61. The van der Waals surface area contributed by atoms with Gasteiger partial charge in [-0.05, 0) is 57.9 Å². The van der Waals surface area contributed by atoms with E-state index in [4.69, 9.17) is 0 Å². The van der Waals surface area contributed by atoms with Crippen LogP contribution in [0.15, 0.2) is 35.5 Å². The number of hydrogen-bond donors (Lipinski definition) is 0. The van der Waals surface area contributed by atoms with Gasteiger partial charge in [0.05, 0.1) is 11.3 Å². The highest BCUT2D eigenvalue weighted by molar-refractivity contribution is 7.99. The van der Waals surface area contributed by atoms with Crippen molar-refractivity contribution in [1.82, 2.24) is 19.3 Å². The van der Waals surface area contributed by atoms with E-state index in [9.17, 15) is 18.0 Å². The van der Waals surface area contributed by atoms with Gasteiger partial charge in [0.15, 0.2) is 10.9 Å². The van der Waals surface area contributed by atoms with Crippen molar-refractivity contribution < 1.29 is 18.0 Å². The van der Waals surface area contributed by atoms with Crippen molar-refractivity contribution in [3.63, 3.8) is 0 Å². The Kier molecular flexibility index (Phi) is 5.25. The van der Waals surface area contributed by atoms with E-state index in [1.807, 2.05) is 6.92 Å². The molecule has 1 aliphatic rings. The van der Waals surface area contributed by atoms with E-state index in [1.165, 1.54) is 17.8 Å². The summed E-state index contributed by atoms with van der Waals surface area (Å²) in [7, 11) is 0. The van der Waals surface area contributed by atoms with Crippen molar-refractivity contribution in [3.05, 3.63) is 58.7 Å². The molecule has 3 aromatic rings. The summed E-state index contributed by atoms with van der Waals surface area (Å²) >= 11 is 1.35. The molecule has 1 aliphatic carbocycles. The van der Waals surface area contributed by atoms with E-state index in [0.29, 0.717) is 28.7 Å². The molecule has 0 saturated heterocycles. The van der Waals surface area contributed by atoms with Gasteiger partial charge in [-0.1, -0.05) is 17.8 Å². The monoisotopic (exact) mass is 434 g/mol. The minimum Gasteiger partial charge on any atom is -0.318 e. The van der Waals surface area contributed by atoms with E-state index in [1.54, 1.807) is 30.5 Å². The average Bonchev–Trinajstić information content (AvgIpc) is 3.39. The van der Waals surface area contributed by atoms with Crippen molar-refractivity contribution in [3.8, 4) is 5.69 Å². The van der Waals surface area contributed by atoms with Crippen molar-refractivity contribution in [2.75, 3.05) is 5.75 Å². The molecule has 1 saturated carbocycles. The van der Waals surface area contributed by atoms with E-state index >= 15 is 0 Å². The highest BCUT2D eigenvalue weighted by Crippen LogP contribution is 2.38. The van der Waals surface area contributed by atoms with Crippen LogP contribution in [0.1, 0.15) is 52.0 Å². The molecule has 0 unspecified atom stereocenters. The molecule has 0 amide bonds. The lowest BCUT2D eigenvalue weighted by Gasteiger charge is -2.13. The van der Waals surface area contributed by atoms with Gasteiger partial charge in [-0.25, -0.2) is 0 Å². The van der Waals surface area contributed by atoms with Gasteiger partial charge in [-0.3, -0.25) is 4.79 Å². The summed E-state index contributed by atoms with van der Waals surface area (Å²) in [5, 5.41) is 9.03. The Balaban J connectivity index is 1.57. The predicted molar refractivity (Wildman–Crippen MR) is 108 cm³/mol. The normalized spacial score (nSPS) is 14.3. The molecule has 2 heterocycles. The third kappa shape index (κ3) is 3.90. The Labute approximate surface area is 176 Å². The van der Waals surface area contributed by atoms with Crippen LogP contribution in [0.4, 0.5) is 13.2 Å². The van der Waals surface area contributed by atoms with Crippen LogP contribution in [0, 0.1) is 20.8 Å². The number of alkyl halides is 3. The minimum atomic E-state index is -4.42. The van der Waals surface area contributed by atoms with Gasteiger partial charge in [-0.15, -0.1) is 10.2 Å². The van der Waals surface area contributed by atoms with Gasteiger partial charge in [0, 0.05) is 28.7 Å². The second-order valence-electron chi connectivity index (χ2n) is 7.51. The first-order valence-corrected chi connectivity index (χ1v) is 10.6. The maximum atomic E-state index is 13.1. The molecule has 0 bridgehead atoms. The van der Waals surface area contributed by atoms with Crippen LogP contribution in [0.3, 0.4) is 0 Å². The van der Waals surface area contributed by atoms with E-state index in [0.717, 1.165) is 36.0 Å². The molecular weight excluding hydrogens is 413 g/mol. The molecule has 1 fully saturated rings. The second-order valence-corrected chi connectivity index (χ2v) is 8.45. The summed E-state index contributed by atoms with van der Waals surface area (Å²) in [6.07, 6.45) is -2.23. The van der Waals surface area contributed by atoms with Gasteiger partial charge in [0.25, 0.3) is 0 Å². The first-order chi connectivity index (χ1) is 14.2. The van der Waals surface area contributed by atoms with Crippen LogP contribution >= 0.6 is 11.8 Å². The molecule has 0 N–H and O–H groups in total. The van der Waals surface area contributed by atoms with E-state index in [2.05, 4.69) is 14.8 Å². The Hall–Kier alpha value is -2.55. The second kappa shape index (κ2) is 7.61. The fourth-order valence-electron chi connectivity index (χ4n) is 3.67. The van der Waals surface area contributed by atoms with Gasteiger partial charge in [0.1, 0.15) is 5.82 Å². The summed E-state index contributed by atoms with van der Waals surface area (Å²) in [4.78, 5) is 12.9. The zero-order chi connectivity index (χ0) is 21.6. The van der Waals surface area contributed by atoms with Crippen molar-refractivity contribution >= 4 is 17.5 Å². The molecule has 0 aliphatic heterocycles. The molecule has 1 aromatic carbocycles.